The summed E-state index contributed by atoms with van der Waals surface area (Å²) in [5, 5.41) is 0. The van der Waals surface area contributed by atoms with Crippen LogP contribution in [0.25, 0.3) is 0 Å². The predicted molar refractivity (Wildman–Crippen MR) is 67.6 cm³/mol. The summed E-state index contributed by atoms with van der Waals surface area (Å²) >= 11 is 3.29. The molecule has 0 amide bonds. The molecule has 0 aliphatic carbocycles. The number of carbonyl (C=O) groups is 2. The van der Waals surface area contributed by atoms with Gasteiger partial charge in [-0.2, -0.15) is 0 Å². The lowest BCUT2D eigenvalue weighted by Gasteiger charge is -1.98. The van der Waals surface area contributed by atoms with Gasteiger partial charge in [-0.05, 0) is 24.3 Å². The van der Waals surface area contributed by atoms with Crippen LogP contribution < -0.4 is 0 Å². The molecule has 4 nitrogen and oxygen atoms in total. The van der Waals surface area contributed by atoms with Gasteiger partial charge in [0.2, 0.25) is 11.5 Å². The van der Waals surface area contributed by atoms with Crippen LogP contribution in [0.3, 0.4) is 0 Å². The number of carbonyl (C=O) groups excluding carboxylic acids is 2. The minimum atomic E-state index is -0.608. The highest BCUT2D eigenvalue weighted by Gasteiger charge is 2.17. The first-order valence-corrected chi connectivity index (χ1v) is 5.89. The summed E-state index contributed by atoms with van der Waals surface area (Å²) in [4.78, 5) is 23.3. The van der Waals surface area contributed by atoms with Crippen molar-refractivity contribution in [1.82, 2.24) is 0 Å². The number of ether oxygens (including phenoxy) is 1. The molecule has 0 N–H and O–H groups in total. The van der Waals surface area contributed by atoms with Crippen molar-refractivity contribution in [3.05, 3.63) is 58.0 Å². The Morgan fingerprint density at radius 3 is 2.56 bits per heavy atom. The second kappa shape index (κ2) is 5.18. The van der Waals surface area contributed by atoms with E-state index in [0.29, 0.717) is 5.56 Å². The molecule has 18 heavy (non-hydrogen) atoms. The average molecular weight is 309 g/mol. The lowest BCUT2D eigenvalue weighted by atomic mass is 10.1. The van der Waals surface area contributed by atoms with Crippen LogP contribution in [0, 0.1) is 0 Å². The molecule has 0 radical (unpaired) electrons. The maximum atomic E-state index is 12.1. The quantitative estimate of drug-likeness (QED) is 0.646. The number of ketones is 1. The second-order valence-electron chi connectivity index (χ2n) is 3.49. The molecule has 0 saturated heterocycles. The van der Waals surface area contributed by atoms with Gasteiger partial charge in [-0.25, -0.2) is 4.79 Å². The molecule has 1 aromatic carbocycles. The van der Waals surface area contributed by atoms with Gasteiger partial charge in [-0.3, -0.25) is 4.79 Å². The largest absolute Gasteiger partial charge is 0.463 e. The first-order valence-electron chi connectivity index (χ1n) is 5.10. The van der Waals surface area contributed by atoms with Crippen molar-refractivity contribution < 1.29 is 18.7 Å². The van der Waals surface area contributed by atoms with Crippen LogP contribution in [0.5, 0.6) is 0 Å². The van der Waals surface area contributed by atoms with E-state index in [1.165, 1.54) is 19.2 Å². The fraction of sp³-hybridized carbons (Fsp3) is 0.0769. The summed E-state index contributed by atoms with van der Waals surface area (Å²) < 4.78 is 10.5. The fourth-order valence-corrected chi connectivity index (χ4v) is 1.84. The van der Waals surface area contributed by atoms with Crippen LogP contribution in [0.1, 0.15) is 26.7 Å². The van der Waals surface area contributed by atoms with E-state index in [2.05, 4.69) is 20.7 Å². The number of rotatable bonds is 3. The predicted octanol–water partition coefficient (Wildman–Crippen LogP) is 3.06. The van der Waals surface area contributed by atoms with Gasteiger partial charge in [0.1, 0.15) is 0 Å². The molecule has 2 rings (SSSR count). The maximum absolute atomic E-state index is 12.1. The van der Waals surface area contributed by atoms with Crippen molar-refractivity contribution in [1.29, 1.82) is 0 Å². The zero-order chi connectivity index (χ0) is 13.1. The SMILES string of the molecule is COC(=O)c1ccc(C(=O)c2cccc(Br)c2)o1. The standard InChI is InChI=1S/C13H9BrO4/c1-17-13(16)11-6-5-10(18-11)12(15)8-3-2-4-9(14)7-8/h2-7H,1H3. The monoisotopic (exact) mass is 308 g/mol. The number of halogens is 1. The second-order valence-corrected chi connectivity index (χ2v) is 4.41. The smallest absolute Gasteiger partial charge is 0.373 e. The molecule has 0 unspecified atom stereocenters. The fourth-order valence-electron chi connectivity index (χ4n) is 1.44. The number of furan rings is 1. The molecule has 0 spiro atoms. The summed E-state index contributed by atoms with van der Waals surface area (Å²) in [5.74, 6) is -0.779. The Morgan fingerprint density at radius 1 is 1.17 bits per heavy atom. The molecule has 92 valence electrons. The molecule has 5 heteroatoms. The van der Waals surface area contributed by atoms with E-state index in [4.69, 9.17) is 4.42 Å². The number of hydrogen-bond donors (Lipinski definition) is 0. The molecule has 0 fully saturated rings. The Bertz CT molecular complexity index is 601. The van der Waals surface area contributed by atoms with E-state index < -0.39 is 5.97 Å². The first kappa shape index (κ1) is 12.6. The zero-order valence-electron chi connectivity index (χ0n) is 9.48. The Kier molecular flexibility index (Phi) is 3.62. The van der Waals surface area contributed by atoms with Crippen molar-refractivity contribution in [2.45, 2.75) is 0 Å². The highest BCUT2D eigenvalue weighted by atomic mass is 79.9. The highest BCUT2D eigenvalue weighted by Crippen LogP contribution is 2.17. The molecular formula is C13H9BrO4. The minimum Gasteiger partial charge on any atom is -0.463 e. The van der Waals surface area contributed by atoms with Crippen LogP contribution in [-0.4, -0.2) is 18.9 Å². The van der Waals surface area contributed by atoms with E-state index >= 15 is 0 Å². The summed E-state index contributed by atoms with van der Waals surface area (Å²) in [6, 6.07) is 9.79. The summed E-state index contributed by atoms with van der Waals surface area (Å²) in [6.07, 6.45) is 0. The van der Waals surface area contributed by atoms with Crippen LogP contribution in [0.2, 0.25) is 0 Å². The summed E-state index contributed by atoms with van der Waals surface area (Å²) in [6.45, 7) is 0. The third-order valence-electron chi connectivity index (χ3n) is 2.30. The Hall–Kier alpha value is -1.88. The van der Waals surface area contributed by atoms with E-state index in [0.717, 1.165) is 4.47 Å². The van der Waals surface area contributed by atoms with Gasteiger partial charge in [-0.1, -0.05) is 28.1 Å². The normalized spacial score (nSPS) is 10.1. The Balaban J connectivity index is 2.29. The van der Waals surface area contributed by atoms with E-state index in [1.54, 1.807) is 18.2 Å². The molecule has 2 aromatic rings. The van der Waals surface area contributed by atoms with Crippen molar-refractivity contribution in [3.63, 3.8) is 0 Å². The number of esters is 1. The molecular weight excluding hydrogens is 300 g/mol. The molecule has 1 aromatic heterocycles. The Labute approximate surface area is 112 Å². The van der Waals surface area contributed by atoms with Crippen LogP contribution >= 0.6 is 15.9 Å². The third kappa shape index (κ3) is 2.51. The molecule has 0 aliphatic rings. The van der Waals surface area contributed by atoms with Gasteiger partial charge < -0.3 is 9.15 Å². The van der Waals surface area contributed by atoms with Crippen molar-refractivity contribution >= 4 is 27.7 Å². The lowest BCUT2D eigenvalue weighted by Crippen LogP contribution is -2.01. The van der Waals surface area contributed by atoms with Crippen molar-refractivity contribution in [2.75, 3.05) is 7.11 Å². The minimum absolute atomic E-state index is 0.0100. The molecule has 0 atom stereocenters. The van der Waals surface area contributed by atoms with Crippen LogP contribution in [0.4, 0.5) is 0 Å². The molecule has 0 saturated carbocycles. The van der Waals surface area contributed by atoms with Crippen LogP contribution in [-0.2, 0) is 4.74 Å². The first-order chi connectivity index (χ1) is 8.61. The van der Waals surface area contributed by atoms with Gasteiger partial charge >= 0.3 is 5.97 Å². The molecule has 0 bridgehead atoms. The van der Waals surface area contributed by atoms with Gasteiger partial charge in [0.05, 0.1) is 7.11 Å². The van der Waals surface area contributed by atoms with Crippen molar-refractivity contribution in [2.24, 2.45) is 0 Å². The van der Waals surface area contributed by atoms with Gasteiger partial charge in [0.25, 0.3) is 0 Å². The lowest BCUT2D eigenvalue weighted by molar-refractivity contribution is 0.0563. The van der Waals surface area contributed by atoms with Crippen LogP contribution in [0.15, 0.2) is 45.3 Å². The number of hydrogen-bond acceptors (Lipinski definition) is 4. The summed E-state index contributed by atoms with van der Waals surface area (Å²) in [7, 11) is 1.25. The van der Waals surface area contributed by atoms with E-state index in [9.17, 15) is 9.59 Å². The van der Waals surface area contributed by atoms with E-state index in [1.807, 2.05) is 6.07 Å². The average Bonchev–Trinajstić information content (AvgIpc) is 2.86. The van der Waals surface area contributed by atoms with Gasteiger partial charge in [-0.15, -0.1) is 0 Å². The Morgan fingerprint density at radius 2 is 1.89 bits per heavy atom. The maximum Gasteiger partial charge on any atom is 0.373 e. The summed E-state index contributed by atoms with van der Waals surface area (Å²) in [5.41, 5.74) is 0.482. The molecule has 0 aliphatic heterocycles. The van der Waals surface area contributed by atoms with E-state index in [-0.39, 0.29) is 17.3 Å². The number of benzene rings is 1. The zero-order valence-corrected chi connectivity index (χ0v) is 11.1. The van der Waals surface area contributed by atoms with Crippen molar-refractivity contribution in [3.8, 4) is 0 Å². The third-order valence-corrected chi connectivity index (χ3v) is 2.80. The topological polar surface area (TPSA) is 56.5 Å². The van der Waals surface area contributed by atoms with Gasteiger partial charge in [0, 0.05) is 10.0 Å². The van der Waals surface area contributed by atoms with Gasteiger partial charge in [0.15, 0.2) is 5.76 Å². The number of methoxy groups -OCH3 is 1. The highest BCUT2D eigenvalue weighted by molar-refractivity contribution is 9.10. The molecule has 1 heterocycles.